The molecular weight excluding hydrogens is 338 g/mol. The summed E-state index contributed by atoms with van der Waals surface area (Å²) in [6, 6.07) is 11.9. The van der Waals surface area contributed by atoms with E-state index in [1.54, 1.807) is 6.07 Å². The molecule has 1 heterocycles. The fourth-order valence-corrected chi connectivity index (χ4v) is 3.06. The molecule has 2 aromatic carbocycles. The summed E-state index contributed by atoms with van der Waals surface area (Å²) in [5.74, 6) is 0. The number of hydrogen-bond donors (Lipinski definition) is 2. The summed E-state index contributed by atoms with van der Waals surface area (Å²) in [5.41, 5.74) is 5.06. The van der Waals surface area contributed by atoms with E-state index >= 15 is 0 Å². The Hall–Kier alpha value is -1.29. The van der Waals surface area contributed by atoms with E-state index < -0.39 is 0 Å². The number of aromatic amines is 1. The quantitative estimate of drug-likeness (QED) is 0.666. The molecule has 0 saturated heterocycles. The van der Waals surface area contributed by atoms with E-state index in [1.165, 1.54) is 5.56 Å². The van der Waals surface area contributed by atoms with Crippen LogP contribution < -0.4 is 0 Å². The van der Waals surface area contributed by atoms with E-state index in [1.807, 2.05) is 18.2 Å². The molecule has 102 valence electrons. The summed E-state index contributed by atoms with van der Waals surface area (Å²) in [7, 11) is 0. The van der Waals surface area contributed by atoms with Gasteiger partial charge in [0.2, 0.25) is 0 Å². The Morgan fingerprint density at radius 3 is 2.80 bits per heavy atom. The summed E-state index contributed by atoms with van der Waals surface area (Å²) in [5, 5.41) is 10.9. The molecule has 0 bridgehead atoms. The van der Waals surface area contributed by atoms with Gasteiger partial charge in [0, 0.05) is 21.1 Å². The van der Waals surface area contributed by atoms with Crippen LogP contribution in [0.1, 0.15) is 11.1 Å². The molecule has 3 aromatic rings. The first kappa shape index (κ1) is 13.7. The Kier molecular flexibility index (Phi) is 3.59. The predicted octanol–water partition coefficient (Wildman–Crippen LogP) is 5.05. The molecule has 4 heteroatoms. The van der Waals surface area contributed by atoms with Gasteiger partial charge in [0.1, 0.15) is 0 Å². The molecule has 0 saturated carbocycles. The van der Waals surface area contributed by atoms with Crippen LogP contribution in [0.15, 0.2) is 40.9 Å². The zero-order valence-corrected chi connectivity index (χ0v) is 13.2. The fourth-order valence-electron chi connectivity index (χ4n) is 2.39. The Morgan fingerprint density at radius 2 is 2.05 bits per heavy atom. The van der Waals surface area contributed by atoms with Crippen molar-refractivity contribution in [2.45, 2.75) is 13.5 Å². The van der Waals surface area contributed by atoms with Crippen molar-refractivity contribution in [3.8, 4) is 11.3 Å². The summed E-state index contributed by atoms with van der Waals surface area (Å²) in [4.78, 5) is 3.37. The number of H-pyrrole nitrogens is 1. The Morgan fingerprint density at radius 1 is 1.25 bits per heavy atom. The molecule has 0 fully saturated rings. The van der Waals surface area contributed by atoms with E-state index in [0.29, 0.717) is 5.02 Å². The molecule has 20 heavy (non-hydrogen) atoms. The van der Waals surface area contributed by atoms with Crippen LogP contribution in [-0.4, -0.2) is 10.1 Å². The van der Waals surface area contributed by atoms with Gasteiger partial charge in [-0.05, 0) is 42.3 Å². The summed E-state index contributed by atoms with van der Waals surface area (Å²) in [6.45, 7) is 2.07. The zero-order valence-electron chi connectivity index (χ0n) is 10.9. The van der Waals surface area contributed by atoms with Crippen molar-refractivity contribution in [2.24, 2.45) is 0 Å². The molecule has 3 rings (SSSR count). The Bertz CT molecular complexity index is 795. The lowest BCUT2D eigenvalue weighted by Gasteiger charge is -2.05. The van der Waals surface area contributed by atoms with Crippen LogP contribution in [-0.2, 0) is 6.61 Å². The van der Waals surface area contributed by atoms with Crippen LogP contribution >= 0.6 is 27.5 Å². The maximum absolute atomic E-state index is 9.25. The predicted molar refractivity (Wildman–Crippen MR) is 87.1 cm³/mol. The lowest BCUT2D eigenvalue weighted by Crippen LogP contribution is -1.84. The Labute approximate surface area is 130 Å². The zero-order chi connectivity index (χ0) is 14.3. The average Bonchev–Trinajstić information content (AvgIpc) is 2.86. The third kappa shape index (κ3) is 2.26. The maximum atomic E-state index is 9.25. The number of aliphatic hydroxyl groups is 1. The molecule has 1 aromatic heterocycles. The first-order valence-corrected chi connectivity index (χ1v) is 7.44. The second-order valence-corrected chi connectivity index (χ2v) is 6.06. The molecule has 2 nitrogen and oxygen atoms in total. The number of halogens is 2. The highest BCUT2D eigenvalue weighted by atomic mass is 79.9. The monoisotopic (exact) mass is 349 g/mol. The molecule has 0 aliphatic heterocycles. The number of benzene rings is 2. The van der Waals surface area contributed by atoms with Crippen LogP contribution in [0.3, 0.4) is 0 Å². The van der Waals surface area contributed by atoms with Gasteiger partial charge in [-0.1, -0.05) is 39.7 Å². The third-order valence-electron chi connectivity index (χ3n) is 3.48. The summed E-state index contributed by atoms with van der Waals surface area (Å²) >= 11 is 9.81. The normalized spacial score (nSPS) is 11.2. The largest absolute Gasteiger partial charge is 0.392 e. The van der Waals surface area contributed by atoms with Gasteiger partial charge in [-0.3, -0.25) is 0 Å². The van der Waals surface area contributed by atoms with Gasteiger partial charge in [0.25, 0.3) is 0 Å². The van der Waals surface area contributed by atoms with E-state index in [2.05, 4.69) is 40.0 Å². The van der Waals surface area contributed by atoms with Crippen molar-refractivity contribution in [3.63, 3.8) is 0 Å². The molecular formula is C16H13BrClNO. The average molecular weight is 351 g/mol. The molecule has 0 radical (unpaired) electrons. The molecule has 0 aliphatic carbocycles. The SMILES string of the molecule is Cc1c(Br)cccc1-c1cc2cc(CO)cc(Cl)c2[nH]1. The first-order valence-electron chi connectivity index (χ1n) is 6.27. The van der Waals surface area contributed by atoms with Crippen molar-refractivity contribution in [3.05, 3.63) is 57.0 Å². The van der Waals surface area contributed by atoms with E-state index in [9.17, 15) is 5.11 Å². The van der Waals surface area contributed by atoms with Crippen molar-refractivity contribution in [2.75, 3.05) is 0 Å². The minimum atomic E-state index is -0.00785. The van der Waals surface area contributed by atoms with Crippen LogP contribution in [0, 0.1) is 6.92 Å². The van der Waals surface area contributed by atoms with Crippen molar-refractivity contribution >= 4 is 38.4 Å². The molecule has 0 aliphatic rings. The standard InChI is InChI=1S/C16H13BrClNO/c1-9-12(3-2-4-13(9)17)15-7-11-5-10(8-20)6-14(18)16(11)19-15/h2-7,19-20H,8H2,1H3. The lowest BCUT2D eigenvalue weighted by molar-refractivity contribution is 0.282. The van der Waals surface area contributed by atoms with Crippen LogP contribution in [0.5, 0.6) is 0 Å². The van der Waals surface area contributed by atoms with Crippen LogP contribution in [0.4, 0.5) is 0 Å². The van der Waals surface area contributed by atoms with Gasteiger partial charge < -0.3 is 10.1 Å². The highest BCUT2D eigenvalue weighted by Gasteiger charge is 2.10. The third-order valence-corrected chi connectivity index (χ3v) is 4.64. The van der Waals surface area contributed by atoms with E-state index in [4.69, 9.17) is 11.6 Å². The minimum Gasteiger partial charge on any atom is -0.392 e. The number of aromatic nitrogens is 1. The van der Waals surface area contributed by atoms with Gasteiger partial charge in [0.05, 0.1) is 17.1 Å². The second kappa shape index (κ2) is 5.24. The minimum absolute atomic E-state index is 0.00785. The Balaban J connectivity index is 2.23. The molecule has 0 unspecified atom stereocenters. The van der Waals surface area contributed by atoms with Crippen LogP contribution in [0.2, 0.25) is 5.02 Å². The fraction of sp³-hybridized carbons (Fsp3) is 0.125. The number of rotatable bonds is 2. The van der Waals surface area contributed by atoms with Crippen molar-refractivity contribution in [1.29, 1.82) is 0 Å². The van der Waals surface area contributed by atoms with Crippen LogP contribution in [0.25, 0.3) is 22.2 Å². The van der Waals surface area contributed by atoms with Gasteiger partial charge in [0.15, 0.2) is 0 Å². The topological polar surface area (TPSA) is 36.0 Å². The molecule has 0 amide bonds. The van der Waals surface area contributed by atoms with Gasteiger partial charge >= 0.3 is 0 Å². The number of aliphatic hydroxyl groups excluding tert-OH is 1. The number of fused-ring (bicyclic) bond motifs is 1. The van der Waals surface area contributed by atoms with E-state index in [-0.39, 0.29) is 6.61 Å². The lowest BCUT2D eigenvalue weighted by atomic mass is 10.1. The van der Waals surface area contributed by atoms with Gasteiger partial charge in [-0.15, -0.1) is 0 Å². The van der Waals surface area contributed by atoms with E-state index in [0.717, 1.165) is 32.2 Å². The summed E-state index contributed by atoms with van der Waals surface area (Å²) in [6.07, 6.45) is 0. The highest BCUT2D eigenvalue weighted by Crippen LogP contribution is 2.33. The molecule has 2 N–H and O–H groups in total. The highest BCUT2D eigenvalue weighted by molar-refractivity contribution is 9.10. The summed E-state index contributed by atoms with van der Waals surface area (Å²) < 4.78 is 1.08. The van der Waals surface area contributed by atoms with Gasteiger partial charge in [-0.2, -0.15) is 0 Å². The molecule has 0 spiro atoms. The maximum Gasteiger partial charge on any atom is 0.0682 e. The number of nitrogens with one attached hydrogen (secondary N) is 1. The second-order valence-electron chi connectivity index (χ2n) is 4.80. The number of hydrogen-bond acceptors (Lipinski definition) is 1. The molecule has 0 atom stereocenters. The van der Waals surface area contributed by atoms with Crippen molar-refractivity contribution < 1.29 is 5.11 Å². The smallest absolute Gasteiger partial charge is 0.0682 e. The van der Waals surface area contributed by atoms with Crippen molar-refractivity contribution in [1.82, 2.24) is 4.98 Å². The van der Waals surface area contributed by atoms with Gasteiger partial charge in [-0.25, -0.2) is 0 Å². The first-order chi connectivity index (χ1) is 9.60.